The number of benzene rings is 1. The normalized spacial score (nSPS) is 11.1. The zero-order chi connectivity index (χ0) is 20.2. The van der Waals surface area contributed by atoms with Gasteiger partial charge in [-0.1, -0.05) is 11.3 Å². The predicted octanol–water partition coefficient (Wildman–Crippen LogP) is 4.98. The van der Waals surface area contributed by atoms with Crippen molar-refractivity contribution in [3.63, 3.8) is 0 Å². The summed E-state index contributed by atoms with van der Waals surface area (Å²) in [6.45, 7) is 3.81. The molecule has 0 atom stereocenters. The third-order valence-corrected chi connectivity index (χ3v) is 5.74. The van der Waals surface area contributed by atoms with Crippen LogP contribution in [0.5, 0.6) is 5.75 Å². The van der Waals surface area contributed by atoms with Gasteiger partial charge >= 0.3 is 0 Å². The lowest BCUT2D eigenvalue weighted by Gasteiger charge is -2.18. The van der Waals surface area contributed by atoms with Gasteiger partial charge in [0.05, 0.1) is 23.2 Å². The summed E-state index contributed by atoms with van der Waals surface area (Å²) in [6.07, 6.45) is 6.17. The predicted molar refractivity (Wildman–Crippen MR) is 116 cm³/mol. The van der Waals surface area contributed by atoms with E-state index in [2.05, 4.69) is 25.9 Å². The molecule has 0 radical (unpaired) electrons. The third-order valence-electron chi connectivity index (χ3n) is 4.28. The fourth-order valence-electron chi connectivity index (χ4n) is 2.94. The number of thiazole rings is 1. The van der Waals surface area contributed by atoms with Crippen molar-refractivity contribution in [2.45, 2.75) is 19.9 Å². The monoisotopic (exact) mass is 474 g/mol. The summed E-state index contributed by atoms with van der Waals surface area (Å²) in [6, 6.07) is 9.14. The highest BCUT2D eigenvalue weighted by Crippen LogP contribution is 2.32. The lowest BCUT2D eigenvalue weighted by Crippen LogP contribution is -2.32. The molecule has 0 aliphatic heterocycles. The lowest BCUT2D eigenvalue weighted by molar-refractivity contribution is 0.0958. The molecule has 4 rings (SSSR count). The van der Waals surface area contributed by atoms with Crippen LogP contribution >= 0.6 is 27.3 Å². The van der Waals surface area contributed by atoms with Crippen molar-refractivity contribution in [1.82, 2.24) is 14.5 Å². The molecule has 3 aromatic heterocycles. The first-order valence-electron chi connectivity index (χ1n) is 9.20. The average Bonchev–Trinajstić information content (AvgIpc) is 3.45. The van der Waals surface area contributed by atoms with Gasteiger partial charge < -0.3 is 13.7 Å². The number of ether oxygens (including phenoxy) is 1. The highest BCUT2D eigenvalue weighted by molar-refractivity contribution is 9.10. The maximum Gasteiger partial charge on any atom is 0.295 e. The van der Waals surface area contributed by atoms with Crippen molar-refractivity contribution >= 4 is 48.5 Å². The Balaban J connectivity index is 1.61. The molecule has 0 bridgehead atoms. The van der Waals surface area contributed by atoms with Gasteiger partial charge in [0.1, 0.15) is 5.75 Å². The number of imidazole rings is 1. The lowest BCUT2D eigenvalue weighted by atomic mass is 10.3. The molecule has 0 aliphatic rings. The maximum absolute atomic E-state index is 13.1. The van der Waals surface area contributed by atoms with Gasteiger partial charge in [0.25, 0.3) is 5.91 Å². The second kappa shape index (κ2) is 8.79. The summed E-state index contributed by atoms with van der Waals surface area (Å²) in [4.78, 5) is 23.5. The number of hydrogen-bond donors (Lipinski definition) is 0. The van der Waals surface area contributed by atoms with Crippen molar-refractivity contribution in [3.05, 3.63) is 59.5 Å². The van der Waals surface area contributed by atoms with Crippen LogP contribution in [0.2, 0.25) is 0 Å². The quantitative estimate of drug-likeness (QED) is 0.359. The zero-order valence-electron chi connectivity index (χ0n) is 15.7. The molecular formula is C20H19BrN4O3S. The van der Waals surface area contributed by atoms with Crippen molar-refractivity contribution in [1.29, 1.82) is 0 Å². The Morgan fingerprint density at radius 1 is 1.34 bits per heavy atom. The van der Waals surface area contributed by atoms with Gasteiger partial charge in [-0.05, 0) is 59.6 Å². The SMILES string of the molecule is CCOc1ccc2nc(N(CCCn3ccnc3)C(=O)c3ccc(Br)o3)sc2c1. The summed E-state index contributed by atoms with van der Waals surface area (Å²) in [7, 11) is 0. The van der Waals surface area contributed by atoms with E-state index in [1.165, 1.54) is 11.3 Å². The second-order valence-corrected chi connectivity index (χ2v) is 8.06. The molecule has 3 heterocycles. The Morgan fingerprint density at radius 3 is 2.97 bits per heavy atom. The Hall–Kier alpha value is -2.65. The number of aryl methyl sites for hydroxylation is 1. The number of rotatable bonds is 8. The molecule has 0 aliphatic carbocycles. The van der Waals surface area contributed by atoms with Crippen molar-refractivity contribution < 1.29 is 13.9 Å². The van der Waals surface area contributed by atoms with Gasteiger partial charge in [-0.15, -0.1) is 0 Å². The molecule has 150 valence electrons. The maximum atomic E-state index is 13.1. The third kappa shape index (κ3) is 4.51. The Labute approximate surface area is 180 Å². The number of furan rings is 1. The van der Waals surface area contributed by atoms with Crippen LogP contribution in [0.15, 0.2) is 58.1 Å². The van der Waals surface area contributed by atoms with Crippen LogP contribution in [0.3, 0.4) is 0 Å². The fraction of sp³-hybridized carbons (Fsp3) is 0.250. The number of carbonyl (C=O) groups is 1. The molecule has 0 saturated heterocycles. The van der Waals surface area contributed by atoms with Crippen LogP contribution in [0.4, 0.5) is 5.13 Å². The number of carbonyl (C=O) groups excluding carboxylic acids is 1. The van der Waals surface area contributed by atoms with Crippen molar-refractivity contribution in [2.75, 3.05) is 18.1 Å². The molecule has 0 unspecified atom stereocenters. The highest BCUT2D eigenvalue weighted by Gasteiger charge is 2.23. The van der Waals surface area contributed by atoms with E-state index in [4.69, 9.17) is 9.15 Å². The molecular weight excluding hydrogens is 456 g/mol. The molecule has 4 aromatic rings. The van der Waals surface area contributed by atoms with E-state index in [9.17, 15) is 4.79 Å². The Bertz CT molecular complexity index is 1110. The number of fused-ring (bicyclic) bond motifs is 1. The molecule has 0 saturated carbocycles. The molecule has 0 fully saturated rings. The average molecular weight is 475 g/mol. The van der Waals surface area contributed by atoms with Crippen molar-refractivity contribution in [3.8, 4) is 5.75 Å². The summed E-state index contributed by atoms with van der Waals surface area (Å²) < 4.78 is 14.5. The second-order valence-electron chi connectivity index (χ2n) is 6.27. The van der Waals surface area contributed by atoms with Crippen molar-refractivity contribution in [2.24, 2.45) is 0 Å². The van der Waals surface area contributed by atoms with Gasteiger partial charge in [0, 0.05) is 25.5 Å². The molecule has 0 N–H and O–H groups in total. The van der Waals surface area contributed by atoms with E-state index in [0.717, 1.165) is 28.9 Å². The van der Waals surface area contributed by atoms with E-state index >= 15 is 0 Å². The summed E-state index contributed by atoms with van der Waals surface area (Å²) in [5, 5.41) is 0.636. The number of hydrogen-bond acceptors (Lipinski definition) is 6. The minimum atomic E-state index is -0.217. The van der Waals surface area contributed by atoms with E-state index < -0.39 is 0 Å². The van der Waals surface area contributed by atoms with Crippen LogP contribution in [0, 0.1) is 0 Å². The number of amides is 1. The minimum Gasteiger partial charge on any atom is -0.494 e. The first-order chi connectivity index (χ1) is 14.1. The number of halogens is 1. The fourth-order valence-corrected chi connectivity index (χ4v) is 4.27. The smallest absolute Gasteiger partial charge is 0.295 e. The first kappa shape index (κ1) is 19.7. The standard InChI is InChI=1S/C20H19BrN4O3S/c1-2-27-14-4-5-15-17(12-14)29-20(23-15)25(10-3-9-24-11-8-22-13-24)19(26)16-6-7-18(21)28-16/h4-8,11-13H,2-3,9-10H2,1H3. The topological polar surface area (TPSA) is 73.4 Å². The minimum absolute atomic E-state index is 0.217. The van der Waals surface area contributed by atoms with Crippen LogP contribution in [-0.4, -0.2) is 33.6 Å². The number of aromatic nitrogens is 3. The first-order valence-corrected chi connectivity index (χ1v) is 10.8. The molecule has 0 spiro atoms. The van der Waals surface area contributed by atoms with E-state index in [0.29, 0.717) is 23.0 Å². The molecule has 29 heavy (non-hydrogen) atoms. The zero-order valence-corrected chi connectivity index (χ0v) is 18.1. The van der Waals surface area contributed by atoms with Gasteiger partial charge in [-0.3, -0.25) is 9.69 Å². The van der Waals surface area contributed by atoms with Gasteiger partial charge in [-0.2, -0.15) is 0 Å². The van der Waals surface area contributed by atoms with E-state index in [-0.39, 0.29) is 11.7 Å². The van der Waals surface area contributed by atoms with Crippen LogP contribution in [-0.2, 0) is 6.54 Å². The summed E-state index contributed by atoms with van der Waals surface area (Å²) in [5.41, 5.74) is 0.835. The number of nitrogens with zero attached hydrogens (tertiary/aromatic N) is 4. The van der Waals surface area contributed by atoms with Crippen LogP contribution < -0.4 is 9.64 Å². The Kier molecular flexibility index (Phi) is 5.96. The summed E-state index contributed by atoms with van der Waals surface area (Å²) in [5.74, 6) is 0.849. The number of anilines is 1. The van der Waals surface area contributed by atoms with E-state index in [1.54, 1.807) is 29.6 Å². The summed E-state index contributed by atoms with van der Waals surface area (Å²) >= 11 is 4.73. The largest absolute Gasteiger partial charge is 0.494 e. The van der Waals surface area contributed by atoms with Crippen LogP contribution in [0.25, 0.3) is 10.2 Å². The van der Waals surface area contributed by atoms with Gasteiger partial charge in [-0.25, -0.2) is 9.97 Å². The highest BCUT2D eigenvalue weighted by atomic mass is 79.9. The van der Waals surface area contributed by atoms with Crippen LogP contribution in [0.1, 0.15) is 23.9 Å². The molecule has 1 amide bonds. The Morgan fingerprint density at radius 2 is 2.24 bits per heavy atom. The molecule has 9 heteroatoms. The van der Waals surface area contributed by atoms with Gasteiger partial charge in [0.15, 0.2) is 15.6 Å². The van der Waals surface area contributed by atoms with Gasteiger partial charge in [0.2, 0.25) is 0 Å². The molecule has 1 aromatic carbocycles. The molecule has 7 nitrogen and oxygen atoms in total. The van der Waals surface area contributed by atoms with E-state index in [1.807, 2.05) is 35.9 Å².